The number of hydrogen-bond acceptors (Lipinski definition) is 21. The number of nitrogens with zero attached hydrogens (tertiary/aromatic N) is 3. The zero-order valence-electron chi connectivity index (χ0n) is 48.0. The van der Waals surface area contributed by atoms with E-state index in [1.165, 1.54) is 25.1 Å². The van der Waals surface area contributed by atoms with Crippen molar-refractivity contribution in [2.45, 2.75) is 119 Å². The van der Waals surface area contributed by atoms with Gasteiger partial charge < -0.3 is 43.9 Å². The summed E-state index contributed by atoms with van der Waals surface area (Å²) in [5.74, 6) is -2.04. The lowest BCUT2D eigenvalue weighted by molar-refractivity contribution is -0.191. The summed E-state index contributed by atoms with van der Waals surface area (Å²) in [6.07, 6.45) is 4.26. The van der Waals surface area contributed by atoms with Crippen LogP contribution in [-0.4, -0.2) is 98.2 Å². The molecule has 22 nitrogen and oxygen atoms in total. The second-order valence-electron chi connectivity index (χ2n) is 18.9. The van der Waals surface area contributed by atoms with Crippen molar-refractivity contribution >= 4 is 89.1 Å². The lowest BCUT2D eigenvalue weighted by Gasteiger charge is -2.24. The molecular formula is C55H63F9N6O16S6. The quantitative estimate of drug-likeness (QED) is 0.0390. The molecule has 0 saturated carbocycles. The molecule has 3 aromatic heterocycles. The summed E-state index contributed by atoms with van der Waals surface area (Å²) < 4.78 is 198. The monoisotopic (exact) mass is 1430 g/mol. The van der Waals surface area contributed by atoms with Gasteiger partial charge in [-0.25, -0.2) is 19.7 Å². The fourth-order valence-corrected chi connectivity index (χ4v) is 9.08. The maximum absolute atomic E-state index is 12.4. The van der Waals surface area contributed by atoms with Crippen LogP contribution in [0.1, 0.15) is 76.6 Å². The number of aliphatic hydroxyl groups is 1. The van der Waals surface area contributed by atoms with Crippen molar-refractivity contribution < 1.29 is 111 Å². The number of aryl methyl sites for hydroxylation is 3. The highest BCUT2D eigenvalue weighted by atomic mass is 32.2. The van der Waals surface area contributed by atoms with Gasteiger partial charge in [0.15, 0.2) is 0 Å². The summed E-state index contributed by atoms with van der Waals surface area (Å²) in [6.45, 7) is 2.05. The Kier molecular flexibility index (Phi) is 34.3. The van der Waals surface area contributed by atoms with Crippen LogP contribution in [0.4, 0.5) is 44.3 Å². The SMILES string of the molecule is CC(=O)OCc1ccccc1.NC1CCc2nc(OS(=O)(=O)C(F)(F)F)ccc2C1.N[C@H]1CCc2nc(OS(=O)(=O)C(F)(F)F)ccc2C1.O=C(N[C@H]1CCc2nc(OS(=O)(=O)C(F)(F)F)ccc2C1)OCc1ccccc1.O=C=O.OCc1ccccc1.S.S.S. The van der Waals surface area contributed by atoms with Crippen LogP contribution in [0.15, 0.2) is 127 Å². The van der Waals surface area contributed by atoms with Crippen molar-refractivity contribution in [2.75, 3.05) is 0 Å². The van der Waals surface area contributed by atoms with E-state index in [4.69, 9.17) is 35.6 Å². The molecule has 3 heterocycles. The lowest BCUT2D eigenvalue weighted by atomic mass is 9.92. The van der Waals surface area contributed by atoms with Gasteiger partial charge in [0.1, 0.15) is 13.2 Å². The van der Waals surface area contributed by atoms with Crippen LogP contribution in [0.25, 0.3) is 0 Å². The fraction of sp³-hybridized carbons (Fsp3) is 0.345. The van der Waals surface area contributed by atoms with Crippen molar-refractivity contribution in [3.8, 4) is 17.6 Å². The molecule has 0 fully saturated rings. The largest absolute Gasteiger partial charge is 0.534 e. The van der Waals surface area contributed by atoms with E-state index >= 15 is 0 Å². The van der Waals surface area contributed by atoms with Gasteiger partial charge in [-0.05, 0) is 91.2 Å². The van der Waals surface area contributed by atoms with E-state index < -0.39 is 70.6 Å². The number of rotatable bonds is 12. The summed E-state index contributed by atoms with van der Waals surface area (Å²) >= 11 is 0. The molecule has 0 saturated heterocycles. The van der Waals surface area contributed by atoms with Crippen LogP contribution in [-0.2, 0) is 113 Å². The number of aromatic nitrogens is 3. The van der Waals surface area contributed by atoms with Crippen molar-refractivity contribution in [1.29, 1.82) is 0 Å². The maximum atomic E-state index is 12.4. The smallest absolute Gasteiger partial charge is 0.461 e. The average Bonchev–Trinajstić information content (AvgIpc) is 0.843. The molecule has 0 aliphatic heterocycles. The molecule has 508 valence electrons. The molecule has 6 N–H and O–H groups in total. The number of aliphatic hydroxyl groups excluding tert-OH is 1. The molecule has 0 spiro atoms. The van der Waals surface area contributed by atoms with E-state index in [0.717, 1.165) is 46.0 Å². The Morgan fingerprint density at radius 3 is 1.12 bits per heavy atom. The summed E-state index contributed by atoms with van der Waals surface area (Å²) in [5, 5.41) is 11.3. The second kappa shape index (κ2) is 38.1. The minimum atomic E-state index is -5.77. The van der Waals surface area contributed by atoms with Gasteiger partial charge >= 0.3 is 65.1 Å². The number of fused-ring (bicyclic) bond motifs is 3. The van der Waals surface area contributed by atoms with E-state index in [0.29, 0.717) is 87.0 Å². The first kappa shape index (κ1) is 82.8. The number of carbonyl (C=O) groups excluding carboxylic acids is 4. The first-order valence-electron chi connectivity index (χ1n) is 25.9. The molecule has 0 bridgehead atoms. The zero-order valence-corrected chi connectivity index (χ0v) is 53.5. The van der Waals surface area contributed by atoms with Crippen LogP contribution >= 0.6 is 40.5 Å². The number of nitrogens with one attached hydrogen (secondary N) is 1. The normalized spacial score (nSPS) is 15.4. The number of pyridine rings is 3. The van der Waals surface area contributed by atoms with Crippen LogP contribution in [0.2, 0.25) is 0 Å². The van der Waals surface area contributed by atoms with Gasteiger partial charge in [-0.3, -0.25) is 4.79 Å². The van der Waals surface area contributed by atoms with E-state index in [-0.39, 0.29) is 83.9 Å². The van der Waals surface area contributed by atoms with Crippen molar-refractivity contribution in [2.24, 2.45) is 11.5 Å². The number of esters is 1. The third-order valence-electron chi connectivity index (χ3n) is 12.1. The number of alkyl halides is 9. The fourth-order valence-electron chi connectivity index (χ4n) is 7.84. The van der Waals surface area contributed by atoms with Gasteiger partial charge in [-0.15, -0.1) is 0 Å². The Morgan fingerprint density at radius 1 is 0.511 bits per heavy atom. The number of carbonyl (C=O) groups is 2. The van der Waals surface area contributed by atoms with E-state index in [9.17, 15) is 74.4 Å². The Bertz CT molecular complexity index is 3560. The molecule has 37 heteroatoms. The lowest BCUT2D eigenvalue weighted by Crippen LogP contribution is -2.39. The molecule has 3 aromatic carbocycles. The van der Waals surface area contributed by atoms with Crippen LogP contribution in [0.3, 0.4) is 0 Å². The van der Waals surface area contributed by atoms with Crippen molar-refractivity contribution in [3.63, 3.8) is 0 Å². The summed E-state index contributed by atoms with van der Waals surface area (Å²) in [6, 6.07) is 35.7. The predicted octanol–water partition coefficient (Wildman–Crippen LogP) is 8.03. The highest BCUT2D eigenvalue weighted by Gasteiger charge is 2.50. The minimum absolute atomic E-state index is 0. The molecule has 3 aliphatic rings. The standard InChI is InChI=1S/C18H17F3N2O5S.2C10H11F3N2O3S.C9H10O2.C7H8O.CO2.3H2S/c19-18(20,21)29(25,26)28-16-9-6-13-10-14(7-8-15(13)23-16)22-17(24)27-11-12-4-2-1-3-5-12;2*11-10(12,13)19(16,17)18-9-4-1-6-5-7(14)2-3-8(6)15-9;1-8(10)11-7-9-5-3-2-4-6-9;8-6-7-4-2-1-3-5-7;2-1-3;;;/h1-6,9,14H,7-8,10-11H2,(H,22,24);2*1,4,7H,2-3,5,14H2;2-6H,7H2,1H3;1-5,8H,6H2;;3*1H2/t14-;7-;;;;;;;/m00......./s1. The summed E-state index contributed by atoms with van der Waals surface area (Å²) in [7, 11) is -17.1. The molecule has 9 rings (SSSR count). The zero-order chi connectivity index (χ0) is 66.2. The topological polar surface area (TPSA) is 340 Å². The number of halogens is 9. The minimum Gasteiger partial charge on any atom is -0.461 e. The number of amides is 1. The molecule has 1 unspecified atom stereocenters. The molecule has 3 atom stereocenters. The number of ether oxygens (including phenoxy) is 2. The van der Waals surface area contributed by atoms with Gasteiger partial charge in [0.25, 0.3) is 0 Å². The van der Waals surface area contributed by atoms with Crippen LogP contribution in [0, 0.1) is 0 Å². The Morgan fingerprint density at radius 2 is 0.815 bits per heavy atom. The van der Waals surface area contributed by atoms with Crippen molar-refractivity contribution in [3.05, 3.63) is 178 Å². The van der Waals surface area contributed by atoms with Gasteiger partial charge in [0, 0.05) is 60.3 Å². The van der Waals surface area contributed by atoms with Crippen LogP contribution in [0.5, 0.6) is 17.6 Å². The molecule has 6 aromatic rings. The highest BCUT2D eigenvalue weighted by Crippen LogP contribution is 2.31. The van der Waals surface area contributed by atoms with Gasteiger partial charge in [-0.2, -0.15) is 115 Å². The summed E-state index contributed by atoms with van der Waals surface area (Å²) in [4.78, 5) is 50.0. The van der Waals surface area contributed by atoms with E-state index in [2.05, 4.69) is 32.8 Å². The van der Waals surface area contributed by atoms with E-state index in [1.54, 1.807) is 0 Å². The predicted molar refractivity (Wildman–Crippen MR) is 326 cm³/mol. The van der Waals surface area contributed by atoms with Gasteiger partial charge in [-0.1, -0.05) is 109 Å². The Labute approximate surface area is 543 Å². The molecule has 1 amide bonds. The maximum Gasteiger partial charge on any atom is 0.534 e. The Balaban J connectivity index is 0.000000595. The third-order valence-corrected chi connectivity index (χ3v) is 14.9. The number of hydrogen-bond donors (Lipinski definition) is 4. The molecular weight excluding hydrogens is 1360 g/mol. The average molecular weight is 1430 g/mol. The molecule has 92 heavy (non-hydrogen) atoms. The summed E-state index contributed by atoms with van der Waals surface area (Å²) in [5.41, 5.74) is 1.62. The number of benzene rings is 3. The van der Waals surface area contributed by atoms with E-state index in [1.807, 2.05) is 91.0 Å². The number of alkyl carbamates (subject to hydrolysis) is 1. The highest BCUT2D eigenvalue weighted by molar-refractivity contribution is 7.88. The van der Waals surface area contributed by atoms with Gasteiger partial charge in [0.05, 0.1) is 6.61 Å². The second-order valence-corrected chi connectivity index (χ2v) is 23.5. The number of nitrogens with two attached hydrogens (primary N) is 2. The first-order chi connectivity index (χ1) is 41.6. The molecule has 3 aliphatic carbocycles. The Hall–Kier alpha value is -7.22. The third kappa shape index (κ3) is 27.9. The van der Waals surface area contributed by atoms with Crippen LogP contribution < -0.4 is 29.3 Å². The van der Waals surface area contributed by atoms with Crippen molar-refractivity contribution in [1.82, 2.24) is 20.3 Å². The van der Waals surface area contributed by atoms with Gasteiger partial charge in [0.2, 0.25) is 17.6 Å². The first-order valence-corrected chi connectivity index (χ1v) is 30.2. The molecule has 0 radical (unpaired) electrons.